The highest BCUT2D eigenvalue weighted by molar-refractivity contribution is 5.85. The molecule has 0 rings (SSSR count). The Morgan fingerprint density at radius 1 is 0.864 bits per heavy atom. The topological polar surface area (TPSA) is 55.8 Å². The van der Waals surface area contributed by atoms with Crippen molar-refractivity contribution in [2.24, 2.45) is 5.92 Å². The number of esters is 2. The third-order valence-electron chi connectivity index (χ3n) is 3.43. The second-order valence-electron chi connectivity index (χ2n) is 6.03. The first-order valence-electron chi connectivity index (χ1n) is 8.43. The molecule has 5 nitrogen and oxygen atoms in total. The lowest BCUT2D eigenvalue weighted by molar-refractivity contribution is -0.167. The molecule has 0 aromatic heterocycles. The van der Waals surface area contributed by atoms with Gasteiger partial charge in [-0.1, -0.05) is 27.2 Å². The van der Waals surface area contributed by atoms with E-state index in [0.717, 1.165) is 6.42 Å². The molecule has 0 fully saturated rings. The number of ether oxygens (including phenoxy) is 2. The van der Waals surface area contributed by atoms with E-state index in [1.807, 2.05) is 53.4 Å². The molecule has 0 bridgehead atoms. The van der Waals surface area contributed by atoms with Crippen molar-refractivity contribution in [3.8, 4) is 0 Å². The number of nitrogens with zero attached hydrogens (tertiary/aromatic N) is 1. The molecule has 0 saturated carbocycles. The van der Waals surface area contributed by atoms with Gasteiger partial charge in [-0.15, -0.1) is 0 Å². The van der Waals surface area contributed by atoms with Crippen molar-refractivity contribution in [1.29, 1.82) is 0 Å². The molecule has 0 N–H and O–H groups in total. The van der Waals surface area contributed by atoms with E-state index in [9.17, 15) is 9.59 Å². The van der Waals surface area contributed by atoms with Crippen molar-refractivity contribution in [3.05, 3.63) is 0 Å². The molecule has 130 valence electrons. The molecule has 0 amide bonds. The molecular weight excluding hydrogens is 282 g/mol. The molecule has 22 heavy (non-hydrogen) atoms. The van der Waals surface area contributed by atoms with Crippen LogP contribution in [0, 0.1) is 5.92 Å². The standard InChI is InChI=1S/C17H33NO4/c1-8-11-14(16(19)21-12(4)5)15(18(9-2)10-3)17(20)22-13(6)7/h12-15H,8-11H2,1-7H3. The van der Waals surface area contributed by atoms with Crippen LogP contribution in [0.25, 0.3) is 0 Å². The lowest BCUT2D eigenvalue weighted by Crippen LogP contribution is -2.50. The van der Waals surface area contributed by atoms with E-state index in [1.54, 1.807) is 0 Å². The minimum Gasteiger partial charge on any atom is -0.463 e. The molecule has 0 radical (unpaired) electrons. The van der Waals surface area contributed by atoms with Gasteiger partial charge in [-0.25, -0.2) is 0 Å². The highest BCUT2D eigenvalue weighted by Crippen LogP contribution is 2.22. The Labute approximate surface area is 135 Å². The Hall–Kier alpha value is -1.10. The molecule has 0 aromatic carbocycles. The van der Waals surface area contributed by atoms with Crippen LogP contribution in [0.15, 0.2) is 0 Å². The zero-order valence-corrected chi connectivity index (χ0v) is 15.2. The second kappa shape index (κ2) is 10.6. The van der Waals surface area contributed by atoms with Gasteiger partial charge in [0.1, 0.15) is 6.04 Å². The number of carbonyl (C=O) groups is 2. The molecular formula is C17H33NO4. The normalized spacial score (nSPS) is 14.3. The fraction of sp³-hybridized carbons (Fsp3) is 0.882. The maximum Gasteiger partial charge on any atom is 0.324 e. The van der Waals surface area contributed by atoms with E-state index in [4.69, 9.17) is 9.47 Å². The average Bonchev–Trinajstić information content (AvgIpc) is 2.40. The Morgan fingerprint density at radius 3 is 1.68 bits per heavy atom. The summed E-state index contributed by atoms with van der Waals surface area (Å²) in [5.41, 5.74) is 0. The van der Waals surface area contributed by atoms with Crippen molar-refractivity contribution in [1.82, 2.24) is 4.90 Å². The first kappa shape index (κ1) is 20.9. The second-order valence-corrected chi connectivity index (χ2v) is 6.03. The van der Waals surface area contributed by atoms with Gasteiger partial charge in [0.05, 0.1) is 18.1 Å². The van der Waals surface area contributed by atoms with E-state index in [-0.39, 0.29) is 24.1 Å². The Kier molecular flexibility index (Phi) is 10.1. The smallest absolute Gasteiger partial charge is 0.324 e. The van der Waals surface area contributed by atoms with E-state index < -0.39 is 12.0 Å². The number of carbonyl (C=O) groups excluding carboxylic acids is 2. The van der Waals surface area contributed by atoms with Gasteiger partial charge in [-0.3, -0.25) is 14.5 Å². The molecule has 2 atom stereocenters. The monoisotopic (exact) mass is 315 g/mol. The van der Waals surface area contributed by atoms with Gasteiger partial charge in [-0.2, -0.15) is 0 Å². The van der Waals surface area contributed by atoms with Crippen LogP contribution in [-0.4, -0.2) is 48.2 Å². The van der Waals surface area contributed by atoms with Crippen molar-refractivity contribution in [2.75, 3.05) is 13.1 Å². The molecule has 0 aliphatic heterocycles. The minimum absolute atomic E-state index is 0.190. The van der Waals surface area contributed by atoms with Crippen LogP contribution < -0.4 is 0 Å². The van der Waals surface area contributed by atoms with Gasteiger partial charge in [0.25, 0.3) is 0 Å². The lowest BCUT2D eigenvalue weighted by Gasteiger charge is -2.33. The quantitative estimate of drug-likeness (QED) is 0.580. The van der Waals surface area contributed by atoms with Gasteiger partial charge < -0.3 is 9.47 Å². The van der Waals surface area contributed by atoms with E-state index in [2.05, 4.69) is 0 Å². The summed E-state index contributed by atoms with van der Waals surface area (Å²) in [5.74, 6) is -1.13. The summed E-state index contributed by atoms with van der Waals surface area (Å²) in [6, 6.07) is -0.580. The van der Waals surface area contributed by atoms with Gasteiger partial charge in [0.15, 0.2) is 0 Å². The zero-order chi connectivity index (χ0) is 17.3. The molecule has 0 aromatic rings. The third kappa shape index (κ3) is 6.77. The fourth-order valence-electron chi connectivity index (χ4n) is 2.52. The predicted molar refractivity (Wildman–Crippen MR) is 87.6 cm³/mol. The van der Waals surface area contributed by atoms with Crippen LogP contribution in [0.3, 0.4) is 0 Å². The molecule has 0 aliphatic rings. The van der Waals surface area contributed by atoms with Crippen molar-refractivity contribution in [3.63, 3.8) is 0 Å². The highest BCUT2D eigenvalue weighted by Gasteiger charge is 2.39. The van der Waals surface area contributed by atoms with Crippen LogP contribution in [0.4, 0.5) is 0 Å². The highest BCUT2D eigenvalue weighted by atomic mass is 16.6. The van der Waals surface area contributed by atoms with Crippen LogP contribution in [0.5, 0.6) is 0 Å². The summed E-state index contributed by atoms with van der Waals surface area (Å²) >= 11 is 0. The average molecular weight is 315 g/mol. The first-order chi connectivity index (χ1) is 10.3. The summed E-state index contributed by atoms with van der Waals surface area (Å²) in [5, 5.41) is 0. The minimum atomic E-state index is -0.580. The molecule has 0 saturated heterocycles. The van der Waals surface area contributed by atoms with Gasteiger partial charge >= 0.3 is 11.9 Å². The SMILES string of the molecule is CCCC(C(=O)OC(C)C)C(C(=O)OC(C)C)N(CC)CC. The van der Waals surface area contributed by atoms with Crippen LogP contribution in [0.2, 0.25) is 0 Å². The largest absolute Gasteiger partial charge is 0.463 e. The number of hydrogen-bond donors (Lipinski definition) is 0. The van der Waals surface area contributed by atoms with Gasteiger partial charge in [0, 0.05) is 0 Å². The van der Waals surface area contributed by atoms with Crippen LogP contribution >= 0.6 is 0 Å². The summed E-state index contributed by atoms with van der Waals surface area (Å²) in [6.45, 7) is 14.6. The van der Waals surface area contributed by atoms with Crippen molar-refractivity contribution < 1.29 is 19.1 Å². The van der Waals surface area contributed by atoms with Gasteiger partial charge in [-0.05, 0) is 47.2 Å². The fourth-order valence-corrected chi connectivity index (χ4v) is 2.52. The van der Waals surface area contributed by atoms with Crippen LogP contribution in [0.1, 0.15) is 61.3 Å². The Balaban J connectivity index is 5.43. The third-order valence-corrected chi connectivity index (χ3v) is 3.43. The van der Waals surface area contributed by atoms with E-state index in [0.29, 0.717) is 19.5 Å². The zero-order valence-electron chi connectivity index (χ0n) is 15.2. The Bertz CT molecular complexity index is 338. The van der Waals surface area contributed by atoms with Crippen LogP contribution in [-0.2, 0) is 19.1 Å². The van der Waals surface area contributed by atoms with E-state index >= 15 is 0 Å². The maximum absolute atomic E-state index is 12.5. The van der Waals surface area contributed by atoms with Gasteiger partial charge in [0.2, 0.25) is 0 Å². The number of hydrogen-bond acceptors (Lipinski definition) is 5. The number of likely N-dealkylation sites (N-methyl/N-ethyl adjacent to an activating group) is 1. The van der Waals surface area contributed by atoms with Crippen molar-refractivity contribution in [2.45, 2.75) is 79.6 Å². The Morgan fingerprint density at radius 2 is 1.32 bits per heavy atom. The lowest BCUT2D eigenvalue weighted by atomic mass is 9.93. The van der Waals surface area contributed by atoms with E-state index in [1.165, 1.54) is 0 Å². The molecule has 0 aliphatic carbocycles. The molecule has 0 heterocycles. The number of rotatable bonds is 10. The first-order valence-corrected chi connectivity index (χ1v) is 8.43. The maximum atomic E-state index is 12.5. The van der Waals surface area contributed by atoms with Crippen molar-refractivity contribution >= 4 is 11.9 Å². The molecule has 0 spiro atoms. The summed E-state index contributed by atoms with van der Waals surface area (Å²) in [6.07, 6.45) is 1.03. The predicted octanol–water partition coefficient (Wildman–Crippen LogP) is 3.02. The summed E-state index contributed by atoms with van der Waals surface area (Å²) in [4.78, 5) is 27.0. The summed E-state index contributed by atoms with van der Waals surface area (Å²) < 4.78 is 10.8. The molecule has 2 unspecified atom stereocenters. The molecule has 5 heteroatoms. The summed E-state index contributed by atoms with van der Waals surface area (Å²) in [7, 11) is 0.